The standard InChI is InChI=1S/C12H18BrNO/c1-3-14-12(9-15-4-2)10-7-5-6-8-11(10)13/h5-8,12,14H,3-4,9H2,1-2H3. The first-order valence-electron chi connectivity index (χ1n) is 5.35. The van der Waals surface area contributed by atoms with Crippen molar-refractivity contribution < 1.29 is 4.74 Å². The number of hydrogen-bond donors (Lipinski definition) is 1. The van der Waals surface area contributed by atoms with E-state index in [9.17, 15) is 0 Å². The van der Waals surface area contributed by atoms with E-state index in [1.54, 1.807) is 0 Å². The number of hydrogen-bond acceptors (Lipinski definition) is 2. The van der Waals surface area contributed by atoms with Crippen LogP contribution in [0.25, 0.3) is 0 Å². The van der Waals surface area contributed by atoms with Gasteiger partial charge in [0.25, 0.3) is 0 Å². The van der Waals surface area contributed by atoms with Crippen molar-refractivity contribution in [1.82, 2.24) is 5.32 Å². The molecule has 1 N–H and O–H groups in total. The van der Waals surface area contributed by atoms with E-state index in [-0.39, 0.29) is 6.04 Å². The molecule has 0 aliphatic carbocycles. The fraction of sp³-hybridized carbons (Fsp3) is 0.500. The Hall–Kier alpha value is -0.380. The van der Waals surface area contributed by atoms with Gasteiger partial charge in [-0.2, -0.15) is 0 Å². The second-order valence-corrected chi connectivity index (χ2v) is 4.15. The number of rotatable bonds is 6. The van der Waals surface area contributed by atoms with Crippen LogP contribution in [-0.2, 0) is 4.74 Å². The summed E-state index contributed by atoms with van der Waals surface area (Å²) in [6, 6.07) is 8.53. The molecule has 0 bridgehead atoms. The molecule has 15 heavy (non-hydrogen) atoms. The van der Waals surface area contributed by atoms with Crippen LogP contribution >= 0.6 is 15.9 Å². The van der Waals surface area contributed by atoms with Crippen molar-refractivity contribution in [1.29, 1.82) is 0 Å². The molecule has 2 nitrogen and oxygen atoms in total. The third-order valence-corrected chi connectivity index (χ3v) is 2.94. The molecule has 0 saturated carbocycles. The second-order valence-electron chi connectivity index (χ2n) is 3.29. The minimum atomic E-state index is 0.269. The Kier molecular flexibility index (Phi) is 5.91. The zero-order chi connectivity index (χ0) is 11.1. The molecule has 0 saturated heterocycles. The largest absolute Gasteiger partial charge is 0.380 e. The van der Waals surface area contributed by atoms with Crippen molar-refractivity contribution in [2.75, 3.05) is 19.8 Å². The Morgan fingerprint density at radius 3 is 2.67 bits per heavy atom. The van der Waals surface area contributed by atoms with Gasteiger partial charge in [0.2, 0.25) is 0 Å². The summed E-state index contributed by atoms with van der Waals surface area (Å²) in [5.41, 5.74) is 1.26. The molecule has 0 radical (unpaired) electrons. The maximum absolute atomic E-state index is 5.47. The third kappa shape index (κ3) is 3.93. The second kappa shape index (κ2) is 6.99. The van der Waals surface area contributed by atoms with Crippen LogP contribution in [0.3, 0.4) is 0 Å². The number of ether oxygens (including phenoxy) is 1. The molecule has 0 fully saturated rings. The Morgan fingerprint density at radius 2 is 2.07 bits per heavy atom. The lowest BCUT2D eigenvalue weighted by Crippen LogP contribution is -2.25. The average molecular weight is 272 g/mol. The van der Waals surface area contributed by atoms with Crippen molar-refractivity contribution in [3.8, 4) is 0 Å². The first-order valence-corrected chi connectivity index (χ1v) is 6.14. The molecule has 0 heterocycles. The van der Waals surface area contributed by atoms with Crippen molar-refractivity contribution in [3.05, 3.63) is 34.3 Å². The SMILES string of the molecule is CCNC(COCC)c1ccccc1Br. The van der Waals surface area contributed by atoms with Crippen LogP contribution < -0.4 is 5.32 Å². The van der Waals surface area contributed by atoms with E-state index in [4.69, 9.17) is 4.74 Å². The topological polar surface area (TPSA) is 21.3 Å². The summed E-state index contributed by atoms with van der Waals surface area (Å²) in [4.78, 5) is 0. The molecule has 1 aromatic rings. The van der Waals surface area contributed by atoms with Crippen LogP contribution in [-0.4, -0.2) is 19.8 Å². The van der Waals surface area contributed by atoms with Crippen LogP contribution in [0.1, 0.15) is 25.5 Å². The summed E-state index contributed by atoms with van der Waals surface area (Å²) in [7, 11) is 0. The molecule has 0 spiro atoms. The predicted octanol–water partition coefficient (Wildman–Crippen LogP) is 3.14. The van der Waals surface area contributed by atoms with E-state index < -0.39 is 0 Å². The highest BCUT2D eigenvalue weighted by molar-refractivity contribution is 9.10. The highest BCUT2D eigenvalue weighted by Gasteiger charge is 2.12. The molecule has 1 rings (SSSR count). The summed E-state index contributed by atoms with van der Waals surface area (Å²) in [6.45, 7) is 6.54. The zero-order valence-electron chi connectivity index (χ0n) is 9.29. The first-order chi connectivity index (χ1) is 7.29. The van der Waals surface area contributed by atoms with Gasteiger partial charge in [0.1, 0.15) is 0 Å². The summed E-state index contributed by atoms with van der Waals surface area (Å²) >= 11 is 3.56. The van der Waals surface area contributed by atoms with E-state index in [1.807, 2.05) is 13.0 Å². The van der Waals surface area contributed by atoms with Crippen molar-refractivity contribution in [3.63, 3.8) is 0 Å². The minimum absolute atomic E-state index is 0.269. The van der Waals surface area contributed by atoms with Gasteiger partial charge < -0.3 is 10.1 Å². The van der Waals surface area contributed by atoms with E-state index in [0.29, 0.717) is 6.61 Å². The van der Waals surface area contributed by atoms with Crippen LogP contribution in [0.5, 0.6) is 0 Å². The number of halogens is 1. The molecule has 84 valence electrons. The fourth-order valence-electron chi connectivity index (χ4n) is 1.50. The van der Waals surface area contributed by atoms with Crippen molar-refractivity contribution >= 4 is 15.9 Å². The Balaban J connectivity index is 2.74. The van der Waals surface area contributed by atoms with E-state index in [0.717, 1.165) is 17.6 Å². The summed E-state index contributed by atoms with van der Waals surface area (Å²) in [5, 5.41) is 3.42. The van der Waals surface area contributed by atoms with Gasteiger partial charge >= 0.3 is 0 Å². The molecule has 1 unspecified atom stereocenters. The molecule has 1 atom stereocenters. The van der Waals surface area contributed by atoms with Crippen LogP contribution in [0.15, 0.2) is 28.7 Å². The quantitative estimate of drug-likeness (QED) is 0.859. The van der Waals surface area contributed by atoms with Gasteiger partial charge in [-0.15, -0.1) is 0 Å². The number of likely N-dealkylation sites (N-methyl/N-ethyl adjacent to an activating group) is 1. The number of benzene rings is 1. The Labute approximate surface area is 100 Å². The summed E-state index contributed by atoms with van der Waals surface area (Å²) < 4.78 is 6.61. The molecule has 3 heteroatoms. The maximum atomic E-state index is 5.47. The van der Waals surface area contributed by atoms with Gasteiger partial charge in [0.05, 0.1) is 12.6 Å². The van der Waals surface area contributed by atoms with Crippen LogP contribution in [0.4, 0.5) is 0 Å². The lowest BCUT2D eigenvalue weighted by Gasteiger charge is -2.19. The van der Waals surface area contributed by atoms with Crippen LogP contribution in [0, 0.1) is 0 Å². The number of nitrogens with one attached hydrogen (secondary N) is 1. The lowest BCUT2D eigenvalue weighted by molar-refractivity contribution is 0.123. The minimum Gasteiger partial charge on any atom is -0.380 e. The van der Waals surface area contributed by atoms with E-state index in [2.05, 4.69) is 46.4 Å². The summed E-state index contributed by atoms with van der Waals surface area (Å²) in [5.74, 6) is 0. The van der Waals surface area contributed by atoms with Crippen LogP contribution in [0.2, 0.25) is 0 Å². The van der Waals surface area contributed by atoms with Gasteiger partial charge in [0, 0.05) is 11.1 Å². The molecule has 0 aliphatic heterocycles. The first kappa shape index (κ1) is 12.7. The van der Waals surface area contributed by atoms with Gasteiger partial charge in [0.15, 0.2) is 0 Å². The highest BCUT2D eigenvalue weighted by Crippen LogP contribution is 2.23. The maximum Gasteiger partial charge on any atom is 0.0661 e. The van der Waals surface area contributed by atoms with Crippen molar-refractivity contribution in [2.45, 2.75) is 19.9 Å². The van der Waals surface area contributed by atoms with Gasteiger partial charge in [-0.3, -0.25) is 0 Å². The highest BCUT2D eigenvalue weighted by atomic mass is 79.9. The monoisotopic (exact) mass is 271 g/mol. The fourth-order valence-corrected chi connectivity index (χ4v) is 2.06. The summed E-state index contributed by atoms with van der Waals surface area (Å²) in [6.07, 6.45) is 0. The van der Waals surface area contributed by atoms with E-state index >= 15 is 0 Å². The molecule has 0 aliphatic rings. The van der Waals surface area contributed by atoms with E-state index in [1.165, 1.54) is 5.56 Å². The molecule has 1 aromatic carbocycles. The molecule has 0 aromatic heterocycles. The molecular formula is C12H18BrNO. The normalized spacial score (nSPS) is 12.7. The van der Waals surface area contributed by atoms with Gasteiger partial charge in [-0.05, 0) is 25.1 Å². The predicted molar refractivity (Wildman–Crippen MR) is 67.1 cm³/mol. The smallest absolute Gasteiger partial charge is 0.0661 e. The molecular weight excluding hydrogens is 254 g/mol. The van der Waals surface area contributed by atoms with Crippen molar-refractivity contribution in [2.24, 2.45) is 0 Å². The van der Waals surface area contributed by atoms with Gasteiger partial charge in [-0.1, -0.05) is 41.1 Å². The zero-order valence-corrected chi connectivity index (χ0v) is 10.9. The lowest BCUT2D eigenvalue weighted by atomic mass is 10.1. The Bertz CT molecular complexity index is 291. The van der Waals surface area contributed by atoms with Gasteiger partial charge in [-0.25, -0.2) is 0 Å². The Morgan fingerprint density at radius 1 is 1.33 bits per heavy atom. The molecule has 0 amide bonds. The average Bonchev–Trinajstić information content (AvgIpc) is 2.25. The third-order valence-electron chi connectivity index (χ3n) is 2.22.